The number of carbonyl (C=O) groups is 2. The summed E-state index contributed by atoms with van der Waals surface area (Å²) in [6.07, 6.45) is 7.60. The first kappa shape index (κ1) is 16.1. The molecule has 0 radical (unpaired) electrons. The maximum absolute atomic E-state index is 11.8. The Kier molecular flexibility index (Phi) is 7.05. The molecule has 1 fully saturated rings. The molecule has 110 valence electrons. The maximum atomic E-state index is 11.8. The molecule has 0 aliphatic heterocycles. The second-order valence-electron chi connectivity index (χ2n) is 5.14. The van der Waals surface area contributed by atoms with E-state index in [9.17, 15) is 9.59 Å². The highest BCUT2D eigenvalue weighted by molar-refractivity contribution is 7.98. The highest BCUT2D eigenvalue weighted by Gasteiger charge is 2.35. The summed E-state index contributed by atoms with van der Waals surface area (Å²) >= 11 is 1.75. The third kappa shape index (κ3) is 6.18. The quantitative estimate of drug-likeness (QED) is 0.628. The van der Waals surface area contributed by atoms with Crippen LogP contribution in [0.1, 0.15) is 44.9 Å². The molecule has 1 saturated carbocycles. The Morgan fingerprint density at radius 2 is 1.95 bits per heavy atom. The van der Waals surface area contributed by atoms with Crippen LogP contribution in [-0.4, -0.2) is 41.2 Å². The summed E-state index contributed by atoms with van der Waals surface area (Å²) in [5.74, 6) is 0.171. The van der Waals surface area contributed by atoms with Crippen molar-refractivity contribution < 1.29 is 14.7 Å². The van der Waals surface area contributed by atoms with Crippen LogP contribution in [0.3, 0.4) is 0 Å². The number of rotatable bonds is 7. The number of hydrogen-bond acceptors (Lipinski definition) is 3. The van der Waals surface area contributed by atoms with Crippen molar-refractivity contribution in [1.29, 1.82) is 0 Å². The van der Waals surface area contributed by atoms with E-state index < -0.39 is 11.5 Å². The smallest absolute Gasteiger partial charge is 0.315 e. The van der Waals surface area contributed by atoms with E-state index in [-0.39, 0.29) is 12.5 Å². The van der Waals surface area contributed by atoms with Crippen molar-refractivity contribution in [3.8, 4) is 0 Å². The van der Waals surface area contributed by atoms with Gasteiger partial charge in [0.25, 0.3) is 0 Å². The molecule has 0 heterocycles. The third-order valence-electron chi connectivity index (χ3n) is 3.49. The van der Waals surface area contributed by atoms with Crippen molar-refractivity contribution in [2.75, 3.05) is 18.6 Å². The van der Waals surface area contributed by atoms with Gasteiger partial charge in [0.05, 0.1) is 12.0 Å². The number of nitrogens with one attached hydrogen (secondary N) is 2. The van der Waals surface area contributed by atoms with E-state index in [0.29, 0.717) is 6.54 Å². The molecule has 0 aromatic rings. The third-order valence-corrected chi connectivity index (χ3v) is 4.19. The molecule has 0 atom stereocenters. The van der Waals surface area contributed by atoms with Gasteiger partial charge in [-0.2, -0.15) is 11.8 Å². The summed E-state index contributed by atoms with van der Waals surface area (Å²) in [7, 11) is 0. The summed E-state index contributed by atoms with van der Waals surface area (Å²) in [6.45, 7) is 0.635. The summed E-state index contributed by atoms with van der Waals surface area (Å²) < 4.78 is 0. The molecule has 2 amide bonds. The van der Waals surface area contributed by atoms with Crippen LogP contribution in [0.2, 0.25) is 0 Å². The Hall–Kier alpha value is -0.910. The van der Waals surface area contributed by atoms with Gasteiger partial charge in [-0.25, -0.2) is 4.79 Å². The van der Waals surface area contributed by atoms with E-state index >= 15 is 0 Å². The Morgan fingerprint density at radius 1 is 1.26 bits per heavy atom. The lowest BCUT2D eigenvalue weighted by Gasteiger charge is -2.36. The molecular formula is C13H24N2O3S. The minimum absolute atomic E-state index is 0.0191. The number of amides is 2. The number of carbonyl (C=O) groups excluding carboxylic acids is 1. The van der Waals surface area contributed by atoms with Crippen LogP contribution in [0.25, 0.3) is 0 Å². The Morgan fingerprint density at radius 3 is 2.53 bits per heavy atom. The largest absolute Gasteiger partial charge is 0.481 e. The number of hydrogen-bond donors (Lipinski definition) is 3. The lowest BCUT2D eigenvalue weighted by atomic mass is 9.79. The minimum atomic E-state index is -0.843. The van der Waals surface area contributed by atoms with Crippen molar-refractivity contribution in [3.05, 3.63) is 0 Å². The van der Waals surface area contributed by atoms with E-state index in [4.69, 9.17) is 5.11 Å². The lowest BCUT2D eigenvalue weighted by molar-refractivity contribution is -0.139. The highest BCUT2D eigenvalue weighted by Crippen LogP contribution is 2.31. The van der Waals surface area contributed by atoms with Gasteiger partial charge in [0, 0.05) is 6.54 Å². The predicted molar refractivity (Wildman–Crippen MR) is 77.6 cm³/mol. The monoisotopic (exact) mass is 288 g/mol. The van der Waals surface area contributed by atoms with Gasteiger partial charge < -0.3 is 15.7 Å². The summed E-state index contributed by atoms with van der Waals surface area (Å²) in [5, 5.41) is 14.7. The molecule has 1 aliphatic rings. The number of thioether (sulfide) groups is 1. The first-order valence-electron chi connectivity index (χ1n) is 6.85. The van der Waals surface area contributed by atoms with Gasteiger partial charge in [0.2, 0.25) is 0 Å². The van der Waals surface area contributed by atoms with Crippen molar-refractivity contribution in [2.24, 2.45) is 0 Å². The zero-order valence-corrected chi connectivity index (χ0v) is 12.4. The van der Waals surface area contributed by atoms with Gasteiger partial charge >= 0.3 is 12.0 Å². The zero-order chi connectivity index (χ0) is 14.1. The molecule has 0 spiro atoms. The Labute approximate surface area is 118 Å². The number of urea groups is 1. The molecule has 1 rings (SSSR count). The second-order valence-corrected chi connectivity index (χ2v) is 6.12. The van der Waals surface area contributed by atoms with E-state index in [1.807, 2.05) is 6.26 Å². The molecule has 0 saturated heterocycles. The normalized spacial score (nSPS) is 17.7. The standard InChI is InChI=1S/C13H24N2O3S/c1-19-9-5-8-14-12(18)15-13(10-11(16)17)6-3-2-4-7-13/h2-10H2,1H3,(H,16,17)(H2,14,15,18). The Balaban J connectivity index is 2.43. The van der Waals surface area contributed by atoms with E-state index in [0.717, 1.165) is 44.3 Å². The fraction of sp³-hybridized carbons (Fsp3) is 0.846. The van der Waals surface area contributed by atoms with Crippen molar-refractivity contribution in [2.45, 2.75) is 50.5 Å². The predicted octanol–water partition coefficient (Wildman–Crippen LogP) is 2.22. The van der Waals surface area contributed by atoms with Gasteiger partial charge in [-0.1, -0.05) is 19.3 Å². The molecule has 0 bridgehead atoms. The van der Waals surface area contributed by atoms with Crippen LogP contribution < -0.4 is 10.6 Å². The minimum Gasteiger partial charge on any atom is -0.481 e. The molecule has 0 unspecified atom stereocenters. The van der Waals surface area contributed by atoms with Crippen LogP contribution in [0.5, 0.6) is 0 Å². The van der Waals surface area contributed by atoms with Gasteiger partial charge in [-0.05, 0) is 31.3 Å². The number of aliphatic carboxylic acids is 1. The van der Waals surface area contributed by atoms with Crippen molar-refractivity contribution >= 4 is 23.8 Å². The molecule has 6 heteroatoms. The SMILES string of the molecule is CSCCCNC(=O)NC1(CC(=O)O)CCCCC1. The number of carboxylic acids is 1. The summed E-state index contributed by atoms with van der Waals surface area (Å²) in [5.41, 5.74) is -0.548. The van der Waals surface area contributed by atoms with Crippen molar-refractivity contribution in [3.63, 3.8) is 0 Å². The molecular weight excluding hydrogens is 264 g/mol. The van der Waals surface area contributed by atoms with E-state index in [1.54, 1.807) is 11.8 Å². The average Bonchev–Trinajstić information content (AvgIpc) is 2.34. The zero-order valence-electron chi connectivity index (χ0n) is 11.5. The van der Waals surface area contributed by atoms with Crippen molar-refractivity contribution in [1.82, 2.24) is 10.6 Å². The van der Waals surface area contributed by atoms with Crippen LogP contribution in [-0.2, 0) is 4.79 Å². The Bertz CT molecular complexity index is 304. The first-order valence-corrected chi connectivity index (χ1v) is 8.24. The molecule has 1 aliphatic carbocycles. The van der Waals surface area contributed by atoms with Crippen LogP contribution >= 0.6 is 11.8 Å². The van der Waals surface area contributed by atoms with E-state index in [2.05, 4.69) is 10.6 Å². The summed E-state index contributed by atoms with van der Waals surface area (Å²) in [4.78, 5) is 22.8. The second kappa shape index (κ2) is 8.30. The molecule has 0 aromatic carbocycles. The van der Waals surface area contributed by atoms with Crippen LogP contribution in [0, 0.1) is 0 Å². The highest BCUT2D eigenvalue weighted by atomic mass is 32.2. The summed E-state index contributed by atoms with van der Waals surface area (Å²) in [6, 6.07) is -0.232. The maximum Gasteiger partial charge on any atom is 0.315 e. The molecule has 0 aromatic heterocycles. The number of carboxylic acid groups (broad SMARTS) is 1. The van der Waals surface area contributed by atoms with Gasteiger partial charge in [-0.15, -0.1) is 0 Å². The first-order chi connectivity index (χ1) is 9.08. The van der Waals surface area contributed by atoms with Gasteiger partial charge in [0.15, 0.2) is 0 Å². The molecule has 3 N–H and O–H groups in total. The fourth-order valence-corrected chi connectivity index (χ4v) is 3.00. The lowest BCUT2D eigenvalue weighted by Crippen LogP contribution is -2.54. The van der Waals surface area contributed by atoms with E-state index in [1.165, 1.54) is 0 Å². The molecule has 5 nitrogen and oxygen atoms in total. The fourth-order valence-electron chi connectivity index (χ4n) is 2.57. The van der Waals surface area contributed by atoms with Crippen LogP contribution in [0.4, 0.5) is 4.79 Å². The van der Waals surface area contributed by atoms with Crippen LogP contribution in [0.15, 0.2) is 0 Å². The molecule has 19 heavy (non-hydrogen) atoms. The topological polar surface area (TPSA) is 78.4 Å². The van der Waals surface area contributed by atoms with Gasteiger partial charge in [-0.3, -0.25) is 4.79 Å². The van der Waals surface area contributed by atoms with Gasteiger partial charge in [0.1, 0.15) is 0 Å². The average molecular weight is 288 g/mol.